The minimum absolute atomic E-state index is 0.00174. The normalized spacial score (nSPS) is 25.3. The molecule has 1 aliphatic carbocycles. The molecule has 1 saturated heterocycles. The maximum absolute atomic E-state index is 13.3. The highest BCUT2D eigenvalue weighted by molar-refractivity contribution is 7.89. The number of hydrogen-bond acceptors (Lipinski definition) is 6. The molecule has 5 rings (SSSR count). The predicted octanol–water partition coefficient (Wildman–Crippen LogP) is 4.01. The summed E-state index contributed by atoms with van der Waals surface area (Å²) >= 11 is 6.46. The summed E-state index contributed by atoms with van der Waals surface area (Å²) in [4.78, 5) is 13.3. The van der Waals surface area contributed by atoms with E-state index in [-0.39, 0.29) is 23.6 Å². The fraction of sp³-hybridized carbons (Fsp3) is 0.391. The number of nitro groups is 1. The zero-order chi connectivity index (χ0) is 23.3. The second-order valence-electron chi connectivity index (χ2n) is 8.89. The molecule has 0 spiro atoms. The Morgan fingerprint density at radius 3 is 2.58 bits per heavy atom. The SMILES string of the molecule is CN1CCN(S(=O)(=O)c2ccc3c(c2)C2C=CCC2C(c2cc([N+](=O)[O-])ccc2Cl)N3)CC1. The molecule has 3 unspecified atom stereocenters. The van der Waals surface area contributed by atoms with Crippen molar-refractivity contribution in [1.82, 2.24) is 9.21 Å². The summed E-state index contributed by atoms with van der Waals surface area (Å²) in [6.07, 6.45) is 4.97. The molecule has 0 saturated carbocycles. The standard InChI is InChI=1S/C23H25ClN4O4S/c1-26-9-11-27(12-10-26)33(31,32)16-6-8-22-19(14-16)17-3-2-4-18(17)23(25-22)20-13-15(28(29)30)5-7-21(20)24/h2-3,5-8,13-14,17-18,23,25H,4,9-12H2,1H3. The number of anilines is 1. The first kappa shape index (κ1) is 22.3. The third kappa shape index (κ3) is 3.93. The van der Waals surface area contributed by atoms with Crippen LogP contribution in [0.2, 0.25) is 5.02 Å². The summed E-state index contributed by atoms with van der Waals surface area (Å²) in [6, 6.07) is 9.52. The highest BCUT2D eigenvalue weighted by Crippen LogP contribution is 2.51. The first-order valence-corrected chi connectivity index (χ1v) is 12.8. The molecule has 2 aliphatic heterocycles. The van der Waals surface area contributed by atoms with Crippen LogP contribution in [0.1, 0.15) is 29.5 Å². The van der Waals surface area contributed by atoms with E-state index in [1.165, 1.54) is 12.1 Å². The van der Waals surface area contributed by atoms with E-state index in [1.807, 2.05) is 7.05 Å². The third-order valence-corrected chi connectivity index (χ3v) is 9.20. The van der Waals surface area contributed by atoms with Gasteiger partial charge in [0.25, 0.3) is 5.69 Å². The van der Waals surface area contributed by atoms with E-state index in [9.17, 15) is 18.5 Å². The first-order valence-electron chi connectivity index (χ1n) is 11.0. The van der Waals surface area contributed by atoms with Crippen molar-refractivity contribution in [3.63, 3.8) is 0 Å². The van der Waals surface area contributed by atoms with Gasteiger partial charge in [-0.05, 0) is 49.2 Å². The summed E-state index contributed by atoms with van der Waals surface area (Å²) in [5.74, 6) is 0.0859. The highest BCUT2D eigenvalue weighted by Gasteiger charge is 2.40. The quantitative estimate of drug-likeness (QED) is 0.397. The van der Waals surface area contributed by atoms with Crippen LogP contribution in [0.4, 0.5) is 11.4 Å². The van der Waals surface area contributed by atoms with E-state index in [0.29, 0.717) is 41.7 Å². The van der Waals surface area contributed by atoms with Gasteiger partial charge in [0.15, 0.2) is 0 Å². The molecule has 2 aromatic carbocycles. The molecule has 1 fully saturated rings. The largest absolute Gasteiger partial charge is 0.378 e. The van der Waals surface area contributed by atoms with Crippen molar-refractivity contribution in [2.24, 2.45) is 5.92 Å². The number of benzene rings is 2. The van der Waals surface area contributed by atoms with Gasteiger partial charge in [0, 0.05) is 60.5 Å². The lowest BCUT2D eigenvalue weighted by Crippen LogP contribution is -2.47. The van der Waals surface area contributed by atoms with Crippen LogP contribution < -0.4 is 5.32 Å². The molecule has 2 aromatic rings. The molecule has 0 aromatic heterocycles. The fourth-order valence-electron chi connectivity index (χ4n) is 5.10. The van der Waals surface area contributed by atoms with Crippen LogP contribution in [0.25, 0.3) is 0 Å². The summed E-state index contributed by atoms with van der Waals surface area (Å²) < 4.78 is 28.1. The zero-order valence-electron chi connectivity index (χ0n) is 18.1. The summed E-state index contributed by atoms with van der Waals surface area (Å²) in [5.41, 5.74) is 2.44. The molecule has 33 heavy (non-hydrogen) atoms. The minimum Gasteiger partial charge on any atom is -0.378 e. The van der Waals surface area contributed by atoms with Crippen LogP contribution in [0.5, 0.6) is 0 Å². The number of nitrogens with zero attached hydrogens (tertiary/aromatic N) is 3. The van der Waals surface area contributed by atoms with Crippen molar-refractivity contribution >= 4 is 33.0 Å². The fourth-order valence-corrected chi connectivity index (χ4v) is 6.79. The number of fused-ring (bicyclic) bond motifs is 3. The molecule has 174 valence electrons. The van der Waals surface area contributed by atoms with Crippen molar-refractivity contribution in [2.75, 3.05) is 38.5 Å². The number of sulfonamides is 1. The smallest absolute Gasteiger partial charge is 0.269 e. The Labute approximate surface area is 198 Å². The molecule has 8 nitrogen and oxygen atoms in total. The monoisotopic (exact) mass is 488 g/mol. The molecule has 0 bridgehead atoms. The number of allylic oxidation sites excluding steroid dienone is 2. The Bertz CT molecular complexity index is 1240. The molecule has 0 amide bonds. The Kier molecular flexibility index (Phi) is 5.68. The predicted molar refractivity (Wildman–Crippen MR) is 127 cm³/mol. The Balaban J connectivity index is 1.51. The van der Waals surface area contributed by atoms with E-state index in [2.05, 4.69) is 22.4 Å². The molecular weight excluding hydrogens is 464 g/mol. The van der Waals surface area contributed by atoms with Gasteiger partial charge in [0.1, 0.15) is 0 Å². The van der Waals surface area contributed by atoms with Gasteiger partial charge in [-0.1, -0.05) is 23.8 Å². The van der Waals surface area contributed by atoms with Gasteiger partial charge >= 0.3 is 0 Å². The molecule has 10 heteroatoms. The number of rotatable bonds is 4. The Morgan fingerprint density at radius 1 is 1.09 bits per heavy atom. The zero-order valence-corrected chi connectivity index (χ0v) is 19.7. The third-order valence-electron chi connectivity index (χ3n) is 6.96. The summed E-state index contributed by atoms with van der Waals surface area (Å²) in [7, 11) is -1.59. The van der Waals surface area contributed by atoms with Crippen molar-refractivity contribution < 1.29 is 13.3 Å². The topological polar surface area (TPSA) is 95.8 Å². The van der Waals surface area contributed by atoms with Crippen molar-refractivity contribution in [1.29, 1.82) is 0 Å². The van der Waals surface area contributed by atoms with Crippen LogP contribution in [-0.2, 0) is 10.0 Å². The van der Waals surface area contributed by atoms with E-state index in [1.54, 1.807) is 28.6 Å². The number of hydrogen-bond donors (Lipinski definition) is 1. The molecule has 3 aliphatic rings. The van der Waals surface area contributed by atoms with Gasteiger partial charge in [-0.2, -0.15) is 4.31 Å². The number of nitro benzene ring substituents is 1. The lowest BCUT2D eigenvalue weighted by molar-refractivity contribution is -0.384. The van der Waals surface area contributed by atoms with Gasteiger partial charge in [-0.25, -0.2) is 8.42 Å². The van der Waals surface area contributed by atoms with Gasteiger partial charge < -0.3 is 10.2 Å². The number of piperazine rings is 1. The second-order valence-corrected chi connectivity index (χ2v) is 11.2. The maximum atomic E-state index is 13.3. The van der Waals surface area contributed by atoms with Gasteiger partial charge in [-0.15, -0.1) is 0 Å². The van der Waals surface area contributed by atoms with Crippen molar-refractivity contribution in [3.05, 3.63) is 74.8 Å². The molecular formula is C23H25ClN4O4S. The number of nitrogens with one attached hydrogen (secondary N) is 1. The average Bonchev–Trinajstić information content (AvgIpc) is 3.29. The number of likely N-dealkylation sites (N-methyl/N-ethyl adjacent to an activating group) is 1. The Hall–Kier alpha value is -2.46. The number of non-ortho nitro benzene ring substituents is 1. The van der Waals surface area contributed by atoms with Gasteiger partial charge in [-0.3, -0.25) is 10.1 Å². The van der Waals surface area contributed by atoms with Crippen molar-refractivity contribution in [2.45, 2.75) is 23.3 Å². The van der Waals surface area contributed by atoms with Crippen LogP contribution in [0.15, 0.2) is 53.4 Å². The lowest BCUT2D eigenvalue weighted by Gasteiger charge is -2.38. The number of halogens is 1. The highest BCUT2D eigenvalue weighted by atomic mass is 35.5. The molecule has 1 N–H and O–H groups in total. The first-order chi connectivity index (χ1) is 15.8. The lowest BCUT2D eigenvalue weighted by atomic mass is 9.77. The van der Waals surface area contributed by atoms with Crippen LogP contribution in [0.3, 0.4) is 0 Å². The van der Waals surface area contributed by atoms with Crippen LogP contribution >= 0.6 is 11.6 Å². The van der Waals surface area contributed by atoms with E-state index in [0.717, 1.165) is 17.7 Å². The van der Waals surface area contributed by atoms with Crippen LogP contribution in [-0.4, -0.2) is 55.8 Å². The second kappa shape index (κ2) is 8.39. The molecule has 0 radical (unpaired) electrons. The summed E-state index contributed by atoms with van der Waals surface area (Å²) in [5, 5.41) is 15.3. The van der Waals surface area contributed by atoms with Gasteiger partial charge in [0.05, 0.1) is 15.9 Å². The van der Waals surface area contributed by atoms with E-state index >= 15 is 0 Å². The minimum atomic E-state index is -3.58. The summed E-state index contributed by atoms with van der Waals surface area (Å²) in [6.45, 7) is 2.39. The van der Waals surface area contributed by atoms with E-state index < -0.39 is 14.9 Å². The molecule has 3 atom stereocenters. The van der Waals surface area contributed by atoms with Gasteiger partial charge in [0.2, 0.25) is 10.0 Å². The average molecular weight is 489 g/mol. The maximum Gasteiger partial charge on any atom is 0.269 e. The van der Waals surface area contributed by atoms with Crippen molar-refractivity contribution in [3.8, 4) is 0 Å². The van der Waals surface area contributed by atoms with Crippen LogP contribution in [0, 0.1) is 16.0 Å². The van der Waals surface area contributed by atoms with E-state index in [4.69, 9.17) is 11.6 Å². The Morgan fingerprint density at radius 2 is 1.85 bits per heavy atom. The molecule has 2 heterocycles.